The van der Waals surface area contributed by atoms with E-state index in [0.717, 1.165) is 44.1 Å². The molecule has 35 heavy (non-hydrogen) atoms. The third-order valence-corrected chi connectivity index (χ3v) is 7.12. The highest BCUT2D eigenvalue weighted by molar-refractivity contribution is 6.06. The van der Waals surface area contributed by atoms with Gasteiger partial charge in [0.25, 0.3) is 0 Å². The van der Waals surface area contributed by atoms with Gasteiger partial charge in [0, 0.05) is 42.0 Å². The molecule has 2 N–H and O–H groups in total. The van der Waals surface area contributed by atoms with E-state index < -0.39 is 11.6 Å². The van der Waals surface area contributed by atoms with Crippen molar-refractivity contribution in [3.05, 3.63) is 29.7 Å². The second kappa shape index (κ2) is 9.49. The van der Waals surface area contributed by atoms with Crippen molar-refractivity contribution in [1.29, 1.82) is 0 Å². The van der Waals surface area contributed by atoms with Crippen molar-refractivity contribution in [2.45, 2.75) is 70.1 Å². The van der Waals surface area contributed by atoms with Crippen LogP contribution in [-0.4, -0.2) is 64.8 Å². The number of nitrogens with zero attached hydrogens (tertiary/aromatic N) is 5. The van der Waals surface area contributed by atoms with Gasteiger partial charge in [-0.15, -0.1) is 0 Å². The van der Waals surface area contributed by atoms with Crippen molar-refractivity contribution in [2.75, 3.05) is 35.8 Å². The number of carbonyl (C=O) groups is 1. The minimum atomic E-state index is -0.853. The zero-order valence-electron chi connectivity index (χ0n) is 20.5. The molecule has 9 nitrogen and oxygen atoms in total. The lowest BCUT2D eigenvalue weighted by Crippen LogP contribution is -2.49. The second-order valence-electron chi connectivity index (χ2n) is 9.83. The number of anilines is 3. The Hall–Kier alpha value is -3.14. The molecule has 10 heteroatoms. The molecule has 2 fully saturated rings. The molecule has 0 bridgehead atoms. The van der Waals surface area contributed by atoms with Gasteiger partial charge in [0.15, 0.2) is 11.6 Å². The Kier molecular flexibility index (Phi) is 6.39. The number of nitrogens with one attached hydrogen (secondary N) is 1. The Labute approximate surface area is 204 Å². The van der Waals surface area contributed by atoms with Crippen molar-refractivity contribution >= 4 is 23.5 Å². The molecule has 1 aliphatic heterocycles. The largest absolute Gasteiger partial charge is 0.505 e. The number of carbonyl (C=O) groups excluding carboxylic acids is 1. The Morgan fingerprint density at radius 1 is 1.20 bits per heavy atom. The summed E-state index contributed by atoms with van der Waals surface area (Å²) in [7, 11) is 4.25. The molecule has 0 spiro atoms. The second-order valence-corrected chi connectivity index (χ2v) is 9.83. The lowest BCUT2D eigenvalue weighted by Gasteiger charge is -2.37. The lowest BCUT2D eigenvalue weighted by atomic mass is 9.91. The van der Waals surface area contributed by atoms with Gasteiger partial charge in [-0.25, -0.2) is 14.2 Å². The van der Waals surface area contributed by atoms with Crippen LogP contribution in [0.25, 0.3) is 0 Å². The van der Waals surface area contributed by atoms with E-state index in [0.29, 0.717) is 36.2 Å². The number of urea groups is 1. The van der Waals surface area contributed by atoms with Crippen LogP contribution in [0.5, 0.6) is 11.5 Å². The number of aromatic nitrogens is 2. The number of hydrogen-bond donors (Lipinski definition) is 2. The van der Waals surface area contributed by atoms with E-state index in [4.69, 9.17) is 9.72 Å². The molecule has 2 amide bonds. The summed E-state index contributed by atoms with van der Waals surface area (Å²) < 4.78 is 20.4. The van der Waals surface area contributed by atoms with Crippen LogP contribution in [0.2, 0.25) is 0 Å². The van der Waals surface area contributed by atoms with Crippen molar-refractivity contribution < 1.29 is 19.0 Å². The molecule has 2 saturated carbocycles. The number of phenols is 1. The number of benzene rings is 1. The lowest BCUT2D eigenvalue weighted by molar-refractivity contribution is 0.221. The summed E-state index contributed by atoms with van der Waals surface area (Å²) in [6, 6.07) is 3.24. The Morgan fingerprint density at radius 2 is 1.94 bits per heavy atom. The van der Waals surface area contributed by atoms with E-state index in [2.05, 4.69) is 29.3 Å². The summed E-state index contributed by atoms with van der Waals surface area (Å²) in [5.74, 6) is -0.00136. The minimum absolute atomic E-state index is 0.0189. The molecule has 3 aliphatic rings. The zero-order valence-corrected chi connectivity index (χ0v) is 20.5. The first-order chi connectivity index (χ1) is 16.9. The van der Waals surface area contributed by atoms with Gasteiger partial charge in [0.1, 0.15) is 11.6 Å². The quantitative estimate of drug-likeness (QED) is 0.611. The molecule has 5 rings (SSSR count). The monoisotopic (exact) mass is 484 g/mol. The van der Waals surface area contributed by atoms with Gasteiger partial charge in [0.2, 0.25) is 5.95 Å². The van der Waals surface area contributed by atoms with Crippen LogP contribution in [0.1, 0.15) is 51.0 Å². The van der Waals surface area contributed by atoms with Crippen LogP contribution in [0.15, 0.2) is 18.3 Å². The van der Waals surface area contributed by atoms with Crippen molar-refractivity contribution in [1.82, 2.24) is 14.9 Å². The predicted octanol–water partition coefficient (Wildman–Crippen LogP) is 4.11. The molecule has 0 unspecified atom stereocenters. The number of rotatable bonds is 7. The van der Waals surface area contributed by atoms with Gasteiger partial charge < -0.3 is 20.1 Å². The topological polar surface area (TPSA) is 94.1 Å². The first kappa shape index (κ1) is 23.6. The summed E-state index contributed by atoms with van der Waals surface area (Å²) in [6.07, 6.45) is 7.78. The van der Waals surface area contributed by atoms with Crippen molar-refractivity contribution in [2.24, 2.45) is 0 Å². The molecule has 0 radical (unpaired) electrons. The van der Waals surface area contributed by atoms with E-state index in [1.165, 1.54) is 17.0 Å². The van der Waals surface area contributed by atoms with Gasteiger partial charge >= 0.3 is 6.03 Å². The van der Waals surface area contributed by atoms with E-state index in [1.54, 1.807) is 18.0 Å². The Morgan fingerprint density at radius 3 is 2.60 bits per heavy atom. The van der Waals surface area contributed by atoms with Gasteiger partial charge in [-0.1, -0.05) is 0 Å². The van der Waals surface area contributed by atoms with Crippen LogP contribution < -0.4 is 19.9 Å². The van der Waals surface area contributed by atoms with Crippen LogP contribution in [0.4, 0.5) is 26.6 Å². The standard InChI is InChI=1S/C25H33FN6O3/c1-4-35-19-11-20(22(26)21(33)12-19)31-14-15-13-27-24(28-16-5-7-17(8-6-16)30(2)3)29-23(15)32(25(31)34)18-9-10-18/h11-13,16-18,33H,4-10,14H2,1-3H3,(H,27,28,29). The highest BCUT2D eigenvalue weighted by atomic mass is 19.1. The maximum atomic E-state index is 14.9. The van der Waals surface area contributed by atoms with Crippen molar-refractivity contribution in [3.8, 4) is 11.5 Å². The van der Waals surface area contributed by atoms with Crippen molar-refractivity contribution in [3.63, 3.8) is 0 Å². The van der Waals surface area contributed by atoms with Crippen LogP contribution in [0, 0.1) is 5.82 Å². The third kappa shape index (κ3) is 4.71. The first-order valence-electron chi connectivity index (χ1n) is 12.4. The Bertz CT molecular complexity index is 1100. The summed E-state index contributed by atoms with van der Waals surface area (Å²) in [6.45, 7) is 2.27. The SMILES string of the molecule is CCOc1cc(O)c(F)c(N2Cc3cnc(NC4CCC(N(C)C)CC4)nc3N(C3CC3)C2=O)c1. The maximum Gasteiger partial charge on any atom is 0.330 e. The Balaban J connectivity index is 1.41. The fraction of sp³-hybridized carbons (Fsp3) is 0.560. The summed E-state index contributed by atoms with van der Waals surface area (Å²) >= 11 is 0. The number of hydrogen-bond acceptors (Lipinski definition) is 7. The molecular weight excluding hydrogens is 451 g/mol. The van der Waals surface area contributed by atoms with Gasteiger partial charge in [0.05, 0.1) is 18.8 Å². The van der Waals surface area contributed by atoms with Gasteiger partial charge in [-0.3, -0.25) is 9.80 Å². The van der Waals surface area contributed by atoms with E-state index in [1.807, 2.05) is 0 Å². The fourth-order valence-corrected chi connectivity index (χ4v) is 5.03. The number of phenolic OH excluding ortho intramolecular Hbond substituents is 1. The number of amides is 2. The van der Waals surface area contributed by atoms with E-state index in [9.17, 15) is 14.3 Å². The summed E-state index contributed by atoms with van der Waals surface area (Å²) in [4.78, 5) is 28.1. The molecule has 2 aromatic rings. The molecule has 0 atom stereocenters. The third-order valence-electron chi connectivity index (χ3n) is 7.12. The molecule has 1 aromatic heterocycles. The smallest absolute Gasteiger partial charge is 0.330 e. The predicted molar refractivity (Wildman–Crippen MR) is 132 cm³/mol. The molecule has 1 aromatic carbocycles. The fourth-order valence-electron chi connectivity index (χ4n) is 5.03. The van der Waals surface area contributed by atoms with Gasteiger partial charge in [-0.05, 0) is 59.5 Å². The molecule has 2 heterocycles. The van der Waals surface area contributed by atoms with E-state index in [-0.39, 0.29) is 24.3 Å². The number of halogens is 1. The van der Waals surface area contributed by atoms with E-state index >= 15 is 0 Å². The van der Waals surface area contributed by atoms with Crippen LogP contribution in [-0.2, 0) is 6.54 Å². The molecule has 188 valence electrons. The van der Waals surface area contributed by atoms with Crippen LogP contribution >= 0.6 is 0 Å². The highest BCUT2D eigenvalue weighted by Gasteiger charge is 2.43. The number of aromatic hydroxyl groups is 1. The first-order valence-corrected chi connectivity index (χ1v) is 12.4. The highest BCUT2D eigenvalue weighted by Crippen LogP contribution is 2.41. The van der Waals surface area contributed by atoms with Crippen LogP contribution in [0.3, 0.4) is 0 Å². The average molecular weight is 485 g/mol. The molecule has 2 aliphatic carbocycles. The normalized spacial score (nSPS) is 22.4. The zero-order chi connectivity index (χ0) is 24.7. The summed E-state index contributed by atoms with van der Waals surface area (Å²) in [5, 5.41) is 13.6. The summed E-state index contributed by atoms with van der Waals surface area (Å²) in [5.41, 5.74) is 0.716. The minimum Gasteiger partial charge on any atom is -0.505 e. The molecular formula is C25H33FN6O3. The molecule has 0 saturated heterocycles. The van der Waals surface area contributed by atoms with Gasteiger partial charge in [-0.2, -0.15) is 4.98 Å². The maximum absolute atomic E-state index is 14.9. The number of ether oxygens (including phenoxy) is 1. The number of fused-ring (bicyclic) bond motifs is 1. The average Bonchev–Trinajstić information content (AvgIpc) is 3.67.